The quantitative estimate of drug-likeness (QED) is 0.253. The van der Waals surface area contributed by atoms with E-state index < -0.39 is 5.97 Å². The highest BCUT2D eigenvalue weighted by Gasteiger charge is 1.92. The third kappa shape index (κ3) is 5.27. The minimum atomic E-state index is -0.419. The standard InChI is InChI=1S/C6H11NO3/c1-3-6(8)10-5-4-7-9-2/h3,7H,1,4-5H2,2H3. The Morgan fingerprint density at radius 3 is 3.00 bits per heavy atom. The van der Waals surface area contributed by atoms with Gasteiger partial charge in [-0.05, 0) is 0 Å². The summed E-state index contributed by atoms with van der Waals surface area (Å²) in [6, 6.07) is 0. The van der Waals surface area contributed by atoms with E-state index in [1.54, 1.807) is 0 Å². The van der Waals surface area contributed by atoms with E-state index in [0.717, 1.165) is 6.08 Å². The molecule has 58 valence electrons. The largest absolute Gasteiger partial charge is 0.461 e. The van der Waals surface area contributed by atoms with Crippen LogP contribution in [0.4, 0.5) is 0 Å². The van der Waals surface area contributed by atoms with Crippen LogP contribution in [0.1, 0.15) is 0 Å². The van der Waals surface area contributed by atoms with Gasteiger partial charge in [-0.1, -0.05) is 6.58 Å². The zero-order chi connectivity index (χ0) is 7.82. The number of carbonyl (C=O) groups is 1. The monoisotopic (exact) mass is 145 g/mol. The first-order valence-electron chi connectivity index (χ1n) is 2.86. The number of esters is 1. The smallest absolute Gasteiger partial charge is 0.330 e. The lowest BCUT2D eigenvalue weighted by atomic mass is 10.6. The summed E-state index contributed by atoms with van der Waals surface area (Å²) in [6.45, 7) is 4.01. The normalized spacial score (nSPS) is 8.90. The Hall–Kier alpha value is -0.870. The van der Waals surface area contributed by atoms with Gasteiger partial charge in [0, 0.05) is 6.08 Å². The lowest BCUT2D eigenvalue weighted by molar-refractivity contribution is -0.138. The Morgan fingerprint density at radius 2 is 2.50 bits per heavy atom. The van der Waals surface area contributed by atoms with Gasteiger partial charge in [-0.15, -0.1) is 0 Å². The predicted molar refractivity (Wildman–Crippen MR) is 36.2 cm³/mol. The van der Waals surface area contributed by atoms with Gasteiger partial charge in [-0.25, -0.2) is 4.79 Å². The zero-order valence-electron chi connectivity index (χ0n) is 5.92. The van der Waals surface area contributed by atoms with Crippen LogP contribution in [0.2, 0.25) is 0 Å². The van der Waals surface area contributed by atoms with Crippen molar-refractivity contribution in [3.63, 3.8) is 0 Å². The molecule has 0 aromatic heterocycles. The summed E-state index contributed by atoms with van der Waals surface area (Å²) in [5.41, 5.74) is 2.52. The van der Waals surface area contributed by atoms with E-state index in [1.165, 1.54) is 7.11 Å². The van der Waals surface area contributed by atoms with Crippen LogP contribution in [0.3, 0.4) is 0 Å². The molecule has 0 spiro atoms. The average Bonchev–Trinajstić information content (AvgIpc) is 1.98. The van der Waals surface area contributed by atoms with Gasteiger partial charge in [0.1, 0.15) is 6.61 Å². The molecule has 0 aliphatic carbocycles. The molecule has 0 bridgehead atoms. The molecule has 0 heterocycles. The van der Waals surface area contributed by atoms with Crippen LogP contribution in [0, 0.1) is 0 Å². The number of ether oxygens (including phenoxy) is 1. The third-order valence-electron chi connectivity index (χ3n) is 0.759. The highest BCUT2D eigenvalue weighted by molar-refractivity contribution is 5.81. The fourth-order valence-corrected chi connectivity index (χ4v) is 0.354. The van der Waals surface area contributed by atoms with Crippen molar-refractivity contribution in [1.82, 2.24) is 5.48 Å². The Labute approximate surface area is 59.8 Å². The molecule has 0 rings (SSSR count). The molecule has 0 amide bonds. The highest BCUT2D eigenvalue weighted by atomic mass is 16.6. The minimum Gasteiger partial charge on any atom is -0.461 e. The van der Waals surface area contributed by atoms with E-state index in [9.17, 15) is 4.79 Å². The van der Waals surface area contributed by atoms with Crippen molar-refractivity contribution in [2.24, 2.45) is 0 Å². The van der Waals surface area contributed by atoms with Gasteiger partial charge in [0.15, 0.2) is 0 Å². The second-order valence-corrected chi connectivity index (χ2v) is 1.47. The van der Waals surface area contributed by atoms with Crippen LogP contribution in [-0.4, -0.2) is 26.2 Å². The first kappa shape index (κ1) is 9.13. The zero-order valence-corrected chi connectivity index (χ0v) is 5.92. The second kappa shape index (κ2) is 6.25. The highest BCUT2D eigenvalue weighted by Crippen LogP contribution is 1.76. The first-order chi connectivity index (χ1) is 4.81. The molecular weight excluding hydrogens is 134 g/mol. The maximum Gasteiger partial charge on any atom is 0.330 e. The molecule has 4 nitrogen and oxygen atoms in total. The van der Waals surface area contributed by atoms with Crippen molar-refractivity contribution in [1.29, 1.82) is 0 Å². The van der Waals surface area contributed by atoms with Gasteiger partial charge in [-0.2, -0.15) is 5.48 Å². The van der Waals surface area contributed by atoms with E-state index in [0.29, 0.717) is 13.2 Å². The van der Waals surface area contributed by atoms with E-state index in [1.807, 2.05) is 0 Å². The Balaban J connectivity index is 3.03. The van der Waals surface area contributed by atoms with Gasteiger partial charge in [0.2, 0.25) is 0 Å². The van der Waals surface area contributed by atoms with E-state index in [2.05, 4.69) is 21.6 Å². The number of rotatable bonds is 5. The molecule has 0 atom stereocenters. The van der Waals surface area contributed by atoms with Gasteiger partial charge in [-0.3, -0.25) is 0 Å². The van der Waals surface area contributed by atoms with Gasteiger partial charge >= 0.3 is 5.97 Å². The van der Waals surface area contributed by atoms with E-state index in [-0.39, 0.29) is 0 Å². The van der Waals surface area contributed by atoms with Crippen LogP contribution in [0.25, 0.3) is 0 Å². The molecule has 0 aromatic rings. The molecule has 0 fully saturated rings. The van der Waals surface area contributed by atoms with E-state index in [4.69, 9.17) is 0 Å². The van der Waals surface area contributed by atoms with Crippen LogP contribution in [0.15, 0.2) is 12.7 Å². The maximum absolute atomic E-state index is 10.4. The fourth-order valence-electron chi connectivity index (χ4n) is 0.354. The number of carbonyl (C=O) groups excluding carboxylic acids is 1. The summed E-state index contributed by atoms with van der Waals surface area (Å²) in [5.74, 6) is -0.419. The second-order valence-electron chi connectivity index (χ2n) is 1.47. The lowest BCUT2D eigenvalue weighted by Gasteiger charge is -2.00. The average molecular weight is 145 g/mol. The fraction of sp³-hybridized carbons (Fsp3) is 0.500. The maximum atomic E-state index is 10.4. The number of hydrogen-bond donors (Lipinski definition) is 1. The van der Waals surface area contributed by atoms with Crippen molar-refractivity contribution >= 4 is 5.97 Å². The molecular formula is C6H11NO3. The molecule has 0 aliphatic heterocycles. The van der Waals surface area contributed by atoms with Gasteiger partial charge in [0.25, 0.3) is 0 Å². The molecule has 4 heteroatoms. The minimum absolute atomic E-state index is 0.290. The summed E-state index contributed by atoms with van der Waals surface area (Å²) in [6.07, 6.45) is 1.12. The Kier molecular flexibility index (Phi) is 5.71. The van der Waals surface area contributed by atoms with Gasteiger partial charge in [0.05, 0.1) is 13.7 Å². The molecule has 0 saturated heterocycles. The predicted octanol–water partition coefficient (Wildman–Crippen LogP) is -0.133. The van der Waals surface area contributed by atoms with Crippen LogP contribution >= 0.6 is 0 Å². The Morgan fingerprint density at radius 1 is 1.80 bits per heavy atom. The number of nitrogens with one attached hydrogen (secondary N) is 1. The van der Waals surface area contributed by atoms with Crippen LogP contribution in [0.5, 0.6) is 0 Å². The molecule has 0 aliphatic rings. The Bertz CT molecular complexity index is 114. The number of hydrogen-bond acceptors (Lipinski definition) is 4. The first-order valence-corrected chi connectivity index (χ1v) is 2.86. The lowest BCUT2D eigenvalue weighted by Crippen LogP contribution is -2.19. The molecule has 0 saturated carbocycles. The van der Waals surface area contributed by atoms with Crippen molar-refractivity contribution in [2.45, 2.75) is 0 Å². The van der Waals surface area contributed by atoms with E-state index >= 15 is 0 Å². The van der Waals surface area contributed by atoms with Crippen LogP contribution in [-0.2, 0) is 14.4 Å². The SMILES string of the molecule is C=CC(=O)OCCNOC. The summed E-state index contributed by atoms with van der Waals surface area (Å²) in [5, 5.41) is 0. The summed E-state index contributed by atoms with van der Waals surface area (Å²) >= 11 is 0. The summed E-state index contributed by atoms with van der Waals surface area (Å²) in [7, 11) is 1.50. The molecule has 0 unspecified atom stereocenters. The molecule has 0 radical (unpaired) electrons. The topological polar surface area (TPSA) is 47.6 Å². The molecule has 0 aromatic carbocycles. The summed E-state index contributed by atoms with van der Waals surface area (Å²) < 4.78 is 4.59. The summed E-state index contributed by atoms with van der Waals surface area (Å²) in [4.78, 5) is 14.9. The van der Waals surface area contributed by atoms with Crippen molar-refractivity contribution in [3.05, 3.63) is 12.7 Å². The van der Waals surface area contributed by atoms with Crippen molar-refractivity contribution in [2.75, 3.05) is 20.3 Å². The van der Waals surface area contributed by atoms with Gasteiger partial charge < -0.3 is 9.57 Å². The van der Waals surface area contributed by atoms with Crippen molar-refractivity contribution < 1.29 is 14.4 Å². The third-order valence-corrected chi connectivity index (χ3v) is 0.759. The number of hydroxylamine groups is 1. The molecule has 10 heavy (non-hydrogen) atoms. The van der Waals surface area contributed by atoms with Crippen LogP contribution < -0.4 is 5.48 Å². The van der Waals surface area contributed by atoms with Crippen molar-refractivity contribution in [3.8, 4) is 0 Å². The molecule has 1 N–H and O–H groups in total.